The highest BCUT2D eigenvalue weighted by atomic mass is 32.2. The number of rotatable bonds is 11. The van der Waals surface area contributed by atoms with Crippen LogP contribution in [0.1, 0.15) is 49.9 Å². The lowest BCUT2D eigenvalue weighted by Crippen LogP contribution is -2.24. The van der Waals surface area contributed by atoms with E-state index in [0.717, 1.165) is 36.3 Å². The van der Waals surface area contributed by atoms with E-state index in [1.54, 1.807) is 30.0 Å². The number of carbonyl (C=O) groups excluding carboxylic acids is 1. The van der Waals surface area contributed by atoms with Gasteiger partial charge < -0.3 is 5.32 Å². The molecule has 0 bridgehead atoms. The van der Waals surface area contributed by atoms with E-state index in [2.05, 4.69) is 17.0 Å². The van der Waals surface area contributed by atoms with Crippen LogP contribution in [-0.4, -0.2) is 26.6 Å². The molecule has 0 atom stereocenters. The molecule has 0 spiro atoms. The van der Waals surface area contributed by atoms with Gasteiger partial charge in [-0.05, 0) is 48.6 Å². The van der Waals surface area contributed by atoms with Crippen LogP contribution in [0.3, 0.4) is 0 Å². The smallest absolute Gasteiger partial charge is 0.256 e. The average molecular weight is 421 g/mol. The molecule has 5 nitrogen and oxygen atoms in total. The van der Waals surface area contributed by atoms with Crippen molar-refractivity contribution < 1.29 is 13.2 Å². The Labute approximate surface area is 172 Å². The molecule has 2 N–H and O–H groups in total. The predicted octanol–water partition coefficient (Wildman–Crippen LogP) is 4.91. The van der Waals surface area contributed by atoms with Gasteiger partial charge in [-0.3, -0.25) is 4.79 Å². The monoisotopic (exact) mass is 420 g/mol. The summed E-state index contributed by atoms with van der Waals surface area (Å²) in [6.07, 6.45) is 4.07. The summed E-state index contributed by atoms with van der Waals surface area (Å²) in [5, 5.41) is 2.83. The molecule has 0 heterocycles. The van der Waals surface area contributed by atoms with Crippen LogP contribution < -0.4 is 10.0 Å². The third-order valence-corrected chi connectivity index (χ3v) is 6.61. The lowest BCUT2D eigenvalue weighted by atomic mass is 10.2. The van der Waals surface area contributed by atoms with Gasteiger partial charge in [0.15, 0.2) is 0 Å². The molecule has 0 aliphatic carbocycles. The number of hydrogen-bond acceptors (Lipinski definition) is 4. The van der Waals surface area contributed by atoms with Gasteiger partial charge in [-0.1, -0.05) is 45.2 Å². The molecule has 28 heavy (non-hydrogen) atoms. The van der Waals surface area contributed by atoms with Crippen LogP contribution in [-0.2, 0) is 10.0 Å². The molecule has 0 aromatic heterocycles. The Hall–Kier alpha value is -1.83. The SMILES string of the molecule is CCCCCCNS(=O)(=O)c1ccc(NC(=O)c2ccccc2SCC)cc1. The van der Waals surface area contributed by atoms with E-state index >= 15 is 0 Å². The molecular formula is C21H28N2O3S2. The maximum Gasteiger partial charge on any atom is 0.256 e. The van der Waals surface area contributed by atoms with Crippen molar-refractivity contribution >= 4 is 33.4 Å². The molecule has 0 unspecified atom stereocenters. The molecule has 0 aliphatic heterocycles. The topological polar surface area (TPSA) is 75.3 Å². The first kappa shape index (κ1) is 22.5. The molecule has 0 saturated carbocycles. The number of benzene rings is 2. The number of nitrogens with one attached hydrogen (secondary N) is 2. The highest BCUT2D eigenvalue weighted by Crippen LogP contribution is 2.23. The van der Waals surface area contributed by atoms with Crippen molar-refractivity contribution in [1.82, 2.24) is 4.72 Å². The number of carbonyl (C=O) groups is 1. The van der Waals surface area contributed by atoms with E-state index in [-0.39, 0.29) is 10.8 Å². The normalized spacial score (nSPS) is 11.4. The van der Waals surface area contributed by atoms with Crippen LogP contribution in [0, 0.1) is 0 Å². The minimum atomic E-state index is -3.52. The van der Waals surface area contributed by atoms with Gasteiger partial charge in [0.25, 0.3) is 5.91 Å². The Morgan fingerprint density at radius 2 is 1.68 bits per heavy atom. The van der Waals surface area contributed by atoms with E-state index in [1.807, 2.05) is 25.1 Å². The number of unbranched alkanes of at least 4 members (excludes halogenated alkanes) is 3. The third-order valence-electron chi connectivity index (χ3n) is 4.18. The van der Waals surface area contributed by atoms with E-state index < -0.39 is 10.0 Å². The van der Waals surface area contributed by atoms with Gasteiger partial charge in [0.2, 0.25) is 10.0 Å². The highest BCUT2D eigenvalue weighted by molar-refractivity contribution is 7.99. The predicted molar refractivity (Wildman–Crippen MR) is 117 cm³/mol. The molecule has 2 aromatic carbocycles. The van der Waals surface area contributed by atoms with Crippen molar-refractivity contribution in [2.75, 3.05) is 17.6 Å². The van der Waals surface area contributed by atoms with Gasteiger partial charge in [0.1, 0.15) is 0 Å². The molecule has 0 radical (unpaired) electrons. The van der Waals surface area contributed by atoms with Gasteiger partial charge in [-0.25, -0.2) is 13.1 Å². The summed E-state index contributed by atoms with van der Waals surface area (Å²) in [6, 6.07) is 13.7. The van der Waals surface area contributed by atoms with Crippen molar-refractivity contribution in [3.05, 3.63) is 54.1 Å². The Balaban J connectivity index is 1.99. The lowest BCUT2D eigenvalue weighted by Gasteiger charge is -2.10. The van der Waals surface area contributed by atoms with Crippen LogP contribution in [0.2, 0.25) is 0 Å². The molecule has 0 aliphatic rings. The second-order valence-corrected chi connectivity index (χ2v) is 9.44. The fourth-order valence-corrected chi connectivity index (χ4v) is 4.57. The highest BCUT2D eigenvalue weighted by Gasteiger charge is 2.14. The molecule has 2 rings (SSSR count). The van der Waals surface area contributed by atoms with Crippen LogP contribution in [0.15, 0.2) is 58.3 Å². The van der Waals surface area contributed by atoms with Crippen LogP contribution in [0.5, 0.6) is 0 Å². The Bertz CT molecular complexity index is 865. The van der Waals surface area contributed by atoms with Gasteiger partial charge in [-0.15, -0.1) is 11.8 Å². The molecule has 152 valence electrons. The number of anilines is 1. The van der Waals surface area contributed by atoms with E-state index in [9.17, 15) is 13.2 Å². The van der Waals surface area contributed by atoms with Gasteiger partial charge in [-0.2, -0.15) is 0 Å². The van der Waals surface area contributed by atoms with E-state index in [4.69, 9.17) is 0 Å². The van der Waals surface area contributed by atoms with E-state index in [1.165, 1.54) is 12.1 Å². The maximum absolute atomic E-state index is 12.6. The molecule has 0 saturated heterocycles. The number of sulfonamides is 1. The fraction of sp³-hybridized carbons (Fsp3) is 0.381. The van der Waals surface area contributed by atoms with Crippen molar-refractivity contribution in [3.63, 3.8) is 0 Å². The van der Waals surface area contributed by atoms with Gasteiger partial charge in [0.05, 0.1) is 10.5 Å². The summed E-state index contributed by atoms with van der Waals surface area (Å²) in [4.78, 5) is 13.7. The summed E-state index contributed by atoms with van der Waals surface area (Å²) in [5.74, 6) is 0.670. The molecular weight excluding hydrogens is 392 g/mol. The minimum Gasteiger partial charge on any atom is -0.322 e. The van der Waals surface area contributed by atoms with Gasteiger partial charge >= 0.3 is 0 Å². The fourth-order valence-electron chi connectivity index (χ4n) is 2.69. The first-order valence-electron chi connectivity index (χ1n) is 9.60. The largest absolute Gasteiger partial charge is 0.322 e. The second kappa shape index (κ2) is 11.2. The number of hydrogen-bond donors (Lipinski definition) is 2. The number of thioether (sulfide) groups is 1. The zero-order chi connectivity index (χ0) is 20.4. The van der Waals surface area contributed by atoms with Gasteiger partial charge in [0, 0.05) is 17.1 Å². The molecule has 2 aromatic rings. The third kappa shape index (κ3) is 6.65. The summed E-state index contributed by atoms with van der Waals surface area (Å²) < 4.78 is 27.3. The molecule has 7 heteroatoms. The van der Waals surface area contributed by atoms with Crippen LogP contribution >= 0.6 is 11.8 Å². The molecule has 1 amide bonds. The quantitative estimate of drug-likeness (QED) is 0.400. The second-order valence-electron chi connectivity index (χ2n) is 6.37. The maximum atomic E-state index is 12.6. The summed E-state index contributed by atoms with van der Waals surface area (Å²) in [7, 11) is -3.52. The zero-order valence-electron chi connectivity index (χ0n) is 16.4. The summed E-state index contributed by atoms with van der Waals surface area (Å²) in [5.41, 5.74) is 1.17. The summed E-state index contributed by atoms with van der Waals surface area (Å²) in [6.45, 7) is 4.59. The van der Waals surface area contributed by atoms with Crippen molar-refractivity contribution in [2.45, 2.75) is 49.3 Å². The standard InChI is InChI=1S/C21H28N2O3S2/c1-3-5-6-9-16-22-28(25,26)18-14-12-17(13-15-18)23-21(24)19-10-7-8-11-20(19)27-4-2/h7-8,10-15,22H,3-6,9,16H2,1-2H3,(H,23,24). The van der Waals surface area contributed by atoms with Crippen molar-refractivity contribution in [2.24, 2.45) is 0 Å². The average Bonchev–Trinajstić information content (AvgIpc) is 2.69. The van der Waals surface area contributed by atoms with E-state index in [0.29, 0.717) is 17.8 Å². The first-order chi connectivity index (χ1) is 13.5. The number of amides is 1. The first-order valence-corrected chi connectivity index (χ1v) is 12.1. The lowest BCUT2D eigenvalue weighted by molar-refractivity contribution is 0.102. The summed E-state index contributed by atoms with van der Waals surface area (Å²) >= 11 is 1.61. The minimum absolute atomic E-state index is 0.197. The van der Waals surface area contributed by atoms with Crippen molar-refractivity contribution in [1.29, 1.82) is 0 Å². The van der Waals surface area contributed by atoms with Crippen LogP contribution in [0.25, 0.3) is 0 Å². The van der Waals surface area contributed by atoms with Crippen LogP contribution in [0.4, 0.5) is 5.69 Å². The Kier molecular flexibility index (Phi) is 9.02. The van der Waals surface area contributed by atoms with Crippen molar-refractivity contribution in [3.8, 4) is 0 Å². The molecule has 0 fully saturated rings. The zero-order valence-corrected chi connectivity index (χ0v) is 18.0. The Morgan fingerprint density at radius 1 is 0.964 bits per heavy atom. The Morgan fingerprint density at radius 3 is 2.36 bits per heavy atom.